The summed E-state index contributed by atoms with van der Waals surface area (Å²) in [7, 11) is 0. The second-order valence-electron chi connectivity index (χ2n) is 5.88. The number of hydrogen-bond donors (Lipinski definition) is 1. The van der Waals surface area contributed by atoms with E-state index in [2.05, 4.69) is 24.4 Å². The summed E-state index contributed by atoms with van der Waals surface area (Å²) in [6.45, 7) is 2.17. The van der Waals surface area contributed by atoms with E-state index in [1.54, 1.807) is 0 Å². The largest absolute Gasteiger partial charge is 0.382 e. The number of aryl methyl sites for hydroxylation is 1. The van der Waals surface area contributed by atoms with Crippen molar-refractivity contribution in [3.63, 3.8) is 0 Å². The van der Waals surface area contributed by atoms with Crippen LogP contribution in [0.5, 0.6) is 0 Å². The molecule has 1 heterocycles. The summed E-state index contributed by atoms with van der Waals surface area (Å²) in [4.78, 5) is 0. The molecule has 110 valence electrons. The standard InChI is InChI=1S/C18H19F2N/c1-12-8-14(17-4-2-3-5-18(17)21-12)7-6-13-9-15(19)11-16(20)10-13/h2-5,9-12,14,21H,6-8H2,1H3. The molecule has 1 aliphatic rings. The van der Waals surface area contributed by atoms with Crippen LogP contribution in [0.4, 0.5) is 14.5 Å². The van der Waals surface area contributed by atoms with E-state index in [1.165, 1.54) is 23.4 Å². The molecule has 0 aromatic heterocycles. The number of fused-ring (bicyclic) bond motifs is 1. The zero-order valence-corrected chi connectivity index (χ0v) is 12.1. The summed E-state index contributed by atoms with van der Waals surface area (Å²) in [6, 6.07) is 12.5. The van der Waals surface area contributed by atoms with Gasteiger partial charge in [0.15, 0.2) is 0 Å². The van der Waals surface area contributed by atoms with Crippen molar-refractivity contribution >= 4 is 5.69 Å². The zero-order valence-electron chi connectivity index (χ0n) is 12.1. The Morgan fingerprint density at radius 1 is 1.10 bits per heavy atom. The highest BCUT2D eigenvalue weighted by Gasteiger charge is 2.23. The van der Waals surface area contributed by atoms with E-state index >= 15 is 0 Å². The van der Waals surface area contributed by atoms with E-state index in [0.717, 1.165) is 24.5 Å². The van der Waals surface area contributed by atoms with Crippen LogP contribution in [-0.2, 0) is 6.42 Å². The average Bonchev–Trinajstić information content (AvgIpc) is 2.43. The van der Waals surface area contributed by atoms with Crippen LogP contribution in [0.3, 0.4) is 0 Å². The van der Waals surface area contributed by atoms with E-state index in [1.807, 2.05) is 12.1 Å². The van der Waals surface area contributed by atoms with Crippen molar-refractivity contribution in [3.8, 4) is 0 Å². The predicted molar refractivity (Wildman–Crippen MR) is 81.6 cm³/mol. The minimum absolute atomic E-state index is 0.425. The first-order valence-electron chi connectivity index (χ1n) is 7.42. The lowest BCUT2D eigenvalue weighted by Gasteiger charge is -2.31. The zero-order chi connectivity index (χ0) is 14.8. The van der Waals surface area contributed by atoms with Gasteiger partial charge in [0.2, 0.25) is 0 Å². The molecule has 0 bridgehead atoms. The Morgan fingerprint density at radius 2 is 1.81 bits per heavy atom. The third-order valence-electron chi connectivity index (χ3n) is 4.14. The molecule has 21 heavy (non-hydrogen) atoms. The number of halogens is 2. The monoisotopic (exact) mass is 287 g/mol. The first-order valence-corrected chi connectivity index (χ1v) is 7.42. The first kappa shape index (κ1) is 14.1. The maximum absolute atomic E-state index is 13.2. The van der Waals surface area contributed by atoms with Gasteiger partial charge in [-0.05, 0) is 61.4 Å². The third kappa shape index (κ3) is 3.23. The van der Waals surface area contributed by atoms with Crippen molar-refractivity contribution in [3.05, 3.63) is 65.2 Å². The summed E-state index contributed by atoms with van der Waals surface area (Å²) in [6.07, 6.45) is 2.65. The van der Waals surface area contributed by atoms with Crippen LogP contribution in [0.2, 0.25) is 0 Å². The molecule has 2 aromatic rings. The lowest BCUT2D eigenvalue weighted by atomic mass is 9.83. The van der Waals surface area contributed by atoms with Crippen LogP contribution in [0.15, 0.2) is 42.5 Å². The second-order valence-corrected chi connectivity index (χ2v) is 5.88. The molecular weight excluding hydrogens is 268 g/mol. The third-order valence-corrected chi connectivity index (χ3v) is 4.14. The van der Waals surface area contributed by atoms with Crippen molar-refractivity contribution in [2.45, 2.75) is 38.1 Å². The van der Waals surface area contributed by atoms with Crippen LogP contribution < -0.4 is 5.32 Å². The highest BCUT2D eigenvalue weighted by Crippen LogP contribution is 2.36. The molecule has 1 aliphatic heterocycles. The second kappa shape index (κ2) is 5.84. The van der Waals surface area contributed by atoms with Crippen LogP contribution in [0.1, 0.15) is 36.8 Å². The van der Waals surface area contributed by atoms with Crippen LogP contribution >= 0.6 is 0 Å². The van der Waals surface area contributed by atoms with Crippen molar-refractivity contribution in [1.82, 2.24) is 0 Å². The summed E-state index contributed by atoms with van der Waals surface area (Å²) < 4.78 is 26.5. The maximum atomic E-state index is 13.2. The molecule has 3 rings (SSSR count). The number of nitrogens with one attached hydrogen (secondary N) is 1. The molecule has 3 heteroatoms. The Bertz CT molecular complexity index is 619. The normalized spacial score (nSPS) is 20.7. The van der Waals surface area contributed by atoms with E-state index in [4.69, 9.17) is 0 Å². The Labute approximate surface area is 124 Å². The van der Waals surface area contributed by atoms with E-state index in [9.17, 15) is 8.78 Å². The molecule has 0 amide bonds. The molecule has 0 radical (unpaired) electrons. The number of rotatable bonds is 3. The van der Waals surface area contributed by atoms with Crippen molar-refractivity contribution in [2.75, 3.05) is 5.32 Å². The lowest BCUT2D eigenvalue weighted by molar-refractivity contribution is 0.518. The summed E-state index contributed by atoms with van der Waals surface area (Å²) >= 11 is 0. The molecule has 1 N–H and O–H groups in total. The average molecular weight is 287 g/mol. The quantitative estimate of drug-likeness (QED) is 0.848. The summed E-state index contributed by atoms with van der Waals surface area (Å²) in [5.41, 5.74) is 3.23. The van der Waals surface area contributed by atoms with Gasteiger partial charge < -0.3 is 5.32 Å². The van der Waals surface area contributed by atoms with Gasteiger partial charge in [0.25, 0.3) is 0 Å². The minimum atomic E-state index is -0.496. The first-order chi connectivity index (χ1) is 10.1. The van der Waals surface area contributed by atoms with Crippen LogP contribution in [-0.4, -0.2) is 6.04 Å². The van der Waals surface area contributed by atoms with Crippen molar-refractivity contribution in [1.29, 1.82) is 0 Å². The van der Waals surface area contributed by atoms with Gasteiger partial charge in [-0.25, -0.2) is 8.78 Å². The van der Waals surface area contributed by atoms with Crippen molar-refractivity contribution < 1.29 is 8.78 Å². The molecule has 2 aromatic carbocycles. The fraction of sp³-hybridized carbons (Fsp3) is 0.333. The highest BCUT2D eigenvalue weighted by atomic mass is 19.1. The fourth-order valence-electron chi connectivity index (χ4n) is 3.23. The SMILES string of the molecule is CC1CC(CCc2cc(F)cc(F)c2)c2ccccc2N1. The lowest BCUT2D eigenvalue weighted by Crippen LogP contribution is -2.25. The molecule has 0 spiro atoms. The molecule has 0 saturated carbocycles. The molecule has 2 unspecified atom stereocenters. The Balaban J connectivity index is 1.76. The number of para-hydroxylation sites is 1. The Kier molecular flexibility index (Phi) is 3.91. The number of benzene rings is 2. The Morgan fingerprint density at radius 3 is 2.57 bits per heavy atom. The maximum Gasteiger partial charge on any atom is 0.126 e. The summed E-state index contributed by atoms with van der Waals surface area (Å²) in [5, 5.41) is 3.49. The van der Waals surface area contributed by atoms with Crippen LogP contribution in [0, 0.1) is 11.6 Å². The number of hydrogen-bond acceptors (Lipinski definition) is 1. The highest BCUT2D eigenvalue weighted by molar-refractivity contribution is 5.55. The van der Waals surface area contributed by atoms with Gasteiger partial charge in [-0.15, -0.1) is 0 Å². The topological polar surface area (TPSA) is 12.0 Å². The van der Waals surface area contributed by atoms with Gasteiger partial charge in [-0.2, -0.15) is 0 Å². The Hall–Kier alpha value is -1.90. The molecule has 0 fully saturated rings. The van der Waals surface area contributed by atoms with Gasteiger partial charge in [0.1, 0.15) is 11.6 Å². The fourth-order valence-corrected chi connectivity index (χ4v) is 3.23. The van der Waals surface area contributed by atoms with E-state index in [0.29, 0.717) is 18.4 Å². The minimum Gasteiger partial charge on any atom is -0.382 e. The molecule has 0 aliphatic carbocycles. The van der Waals surface area contributed by atoms with E-state index < -0.39 is 11.6 Å². The molecule has 0 saturated heterocycles. The van der Waals surface area contributed by atoms with Gasteiger partial charge in [0, 0.05) is 17.8 Å². The number of anilines is 1. The van der Waals surface area contributed by atoms with Gasteiger partial charge >= 0.3 is 0 Å². The van der Waals surface area contributed by atoms with Gasteiger partial charge in [0.05, 0.1) is 0 Å². The smallest absolute Gasteiger partial charge is 0.126 e. The molecular formula is C18H19F2N. The predicted octanol–water partition coefficient (Wildman–Crippen LogP) is 4.89. The van der Waals surface area contributed by atoms with E-state index in [-0.39, 0.29) is 0 Å². The molecule has 1 nitrogen and oxygen atoms in total. The van der Waals surface area contributed by atoms with Gasteiger partial charge in [-0.3, -0.25) is 0 Å². The summed E-state index contributed by atoms with van der Waals surface area (Å²) in [5.74, 6) is -0.558. The van der Waals surface area contributed by atoms with Crippen molar-refractivity contribution in [2.24, 2.45) is 0 Å². The van der Waals surface area contributed by atoms with Gasteiger partial charge in [-0.1, -0.05) is 18.2 Å². The molecule has 2 atom stereocenters. The van der Waals surface area contributed by atoms with Crippen LogP contribution in [0.25, 0.3) is 0 Å².